The molecule has 0 saturated heterocycles. The van der Waals surface area contributed by atoms with Crippen LogP contribution < -0.4 is 5.73 Å². The van der Waals surface area contributed by atoms with E-state index in [9.17, 15) is 4.79 Å². The van der Waals surface area contributed by atoms with E-state index >= 15 is 0 Å². The maximum absolute atomic E-state index is 11.2. The topological polar surface area (TPSA) is 69.1 Å². The molecule has 4 rings (SSSR count). The van der Waals surface area contributed by atoms with Crippen LogP contribution in [0, 0.1) is 12.8 Å². The van der Waals surface area contributed by atoms with E-state index in [1.54, 1.807) is 5.56 Å². The molecule has 1 amide bonds. The van der Waals surface area contributed by atoms with Crippen molar-refractivity contribution in [1.29, 1.82) is 0 Å². The number of benzene rings is 1. The van der Waals surface area contributed by atoms with E-state index in [1.807, 2.05) is 0 Å². The normalized spacial score (nSPS) is 23.9. The van der Waals surface area contributed by atoms with E-state index in [0.29, 0.717) is 30.1 Å². The minimum Gasteiger partial charge on any atom is -0.440 e. The first kappa shape index (κ1) is 18.3. The molecule has 1 heterocycles. The number of carbonyl (C=O) groups excluding carboxylic acids is 1. The molecular weight excluding hydrogens is 336 g/mol. The standard InChI is InChI=1S/C23H30N2O2/c1-12(2)10-15-11-13(3)16-6-5-7-17-21(16)20(15)14(4)22-23(17)27-19(25-22)9-8-18(24)26/h10,13,15-16H,5-9,11H2,1-4H3,(H2,24,26)/t13-,15+,16+/m0/s1. The molecule has 1 aromatic heterocycles. The van der Waals surface area contributed by atoms with Gasteiger partial charge in [-0.2, -0.15) is 0 Å². The molecule has 144 valence electrons. The third kappa shape index (κ3) is 3.09. The van der Waals surface area contributed by atoms with Gasteiger partial charge in [-0.05, 0) is 75.0 Å². The van der Waals surface area contributed by atoms with E-state index in [4.69, 9.17) is 15.1 Å². The van der Waals surface area contributed by atoms with E-state index in [2.05, 4.69) is 33.8 Å². The Kier molecular flexibility index (Phi) is 4.61. The number of hydrogen-bond acceptors (Lipinski definition) is 3. The Balaban J connectivity index is 1.94. The molecule has 0 fully saturated rings. The number of hydrogen-bond donors (Lipinski definition) is 1. The summed E-state index contributed by atoms with van der Waals surface area (Å²) in [5, 5.41) is 0. The van der Waals surface area contributed by atoms with Crippen molar-refractivity contribution in [3.05, 3.63) is 39.8 Å². The molecule has 0 unspecified atom stereocenters. The summed E-state index contributed by atoms with van der Waals surface area (Å²) in [5.41, 5.74) is 14.3. The van der Waals surface area contributed by atoms with Crippen molar-refractivity contribution >= 4 is 17.0 Å². The molecule has 4 nitrogen and oxygen atoms in total. The first-order valence-electron chi connectivity index (χ1n) is 10.2. The number of allylic oxidation sites excluding steroid dienone is 2. The molecule has 3 atom stereocenters. The van der Waals surface area contributed by atoms with E-state index in [-0.39, 0.29) is 12.3 Å². The highest BCUT2D eigenvalue weighted by molar-refractivity contribution is 5.84. The quantitative estimate of drug-likeness (QED) is 0.769. The van der Waals surface area contributed by atoms with E-state index in [0.717, 1.165) is 17.5 Å². The molecule has 27 heavy (non-hydrogen) atoms. The van der Waals surface area contributed by atoms with Crippen molar-refractivity contribution in [2.45, 2.75) is 78.1 Å². The van der Waals surface area contributed by atoms with Crippen LogP contribution in [0.1, 0.15) is 86.4 Å². The highest BCUT2D eigenvalue weighted by Crippen LogP contribution is 2.52. The summed E-state index contributed by atoms with van der Waals surface area (Å²) in [5.74, 6) is 2.11. The number of aromatic nitrogens is 1. The van der Waals surface area contributed by atoms with Crippen LogP contribution in [0.4, 0.5) is 0 Å². The average Bonchev–Trinajstić information content (AvgIpc) is 3.03. The Bertz CT molecular complexity index is 934. The van der Waals surface area contributed by atoms with Gasteiger partial charge < -0.3 is 10.2 Å². The van der Waals surface area contributed by atoms with Crippen molar-refractivity contribution in [3.8, 4) is 0 Å². The van der Waals surface area contributed by atoms with Gasteiger partial charge in [-0.15, -0.1) is 0 Å². The van der Waals surface area contributed by atoms with Gasteiger partial charge in [0.25, 0.3) is 0 Å². The molecule has 2 aliphatic rings. The summed E-state index contributed by atoms with van der Waals surface area (Å²) < 4.78 is 6.19. The third-order valence-corrected chi connectivity index (χ3v) is 6.44. The maximum atomic E-state index is 11.2. The summed E-state index contributed by atoms with van der Waals surface area (Å²) in [6.07, 6.45) is 7.95. The van der Waals surface area contributed by atoms with Crippen molar-refractivity contribution in [3.63, 3.8) is 0 Å². The van der Waals surface area contributed by atoms with Gasteiger partial charge in [0.05, 0.1) is 0 Å². The molecule has 2 aromatic rings. The van der Waals surface area contributed by atoms with Crippen LogP contribution in [0.15, 0.2) is 16.1 Å². The summed E-state index contributed by atoms with van der Waals surface area (Å²) >= 11 is 0. The first-order valence-corrected chi connectivity index (χ1v) is 10.2. The first-order chi connectivity index (χ1) is 12.9. The molecule has 0 spiro atoms. The lowest BCUT2D eigenvalue weighted by atomic mass is 9.64. The number of oxazole rings is 1. The maximum Gasteiger partial charge on any atom is 0.217 e. The van der Waals surface area contributed by atoms with Gasteiger partial charge in [0.1, 0.15) is 5.52 Å². The summed E-state index contributed by atoms with van der Waals surface area (Å²) in [7, 11) is 0. The van der Waals surface area contributed by atoms with Crippen LogP contribution in [-0.2, 0) is 17.6 Å². The predicted molar refractivity (Wildman–Crippen MR) is 108 cm³/mol. The van der Waals surface area contributed by atoms with Gasteiger partial charge in [-0.3, -0.25) is 4.79 Å². The molecule has 2 aliphatic carbocycles. The second-order valence-electron chi connectivity index (χ2n) is 8.74. The Morgan fingerprint density at radius 1 is 1.33 bits per heavy atom. The fourth-order valence-electron chi connectivity index (χ4n) is 5.37. The lowest BCUT2D eigenvalue weighted by molar-refractivity contribution is -0.118. The zero-order chi connectivity index (χ0) is 19.3. The molecule has 0 radical (unpaired) electrons. The van der Waals surface area contributed by atoms with Crippen molar-refractivity contribution in [2.24, 2.45) is 11.7 Å². The number of nitrogens with zero attached hydrogens (tertiary/aromatic N) is 1. The highest BCUT2D eigenvalue weighted by atomic mass is 16.3. The van der Waals surface area contributed by atoms with E-state index < -0.39 is 0 Å². The number of rotatable bonds is 4. The molecule has 0 aliphatic heterocycles. The second kappa shape index (κ2) is 6.81. The highest BCUT2D eigenvalue weighted by Gasteiger charge is 2.38. The zero-order valence-corrected chi connectivity index (χ0v) is 16.9. The van der Waals surface area contributed by atoms with Gasteiger partial charge in [0.2, 0.25) is 5.91 Å². The molecule has 1 aromatic carbocycles. The van der Waals surface area contributed by atoms with Crippen LogP contribution >= 0.6 is 0 Å². The smallest absolute Gasteiger partial charge is 0.217 e. The monoisotopic (exact) mass is 366 g/mol. The van der Waals surface area contributed by atoms with Gasteiger partial charge in [0.15, 0.2) is 11.5 Å². The predicted octanol–water partition coefficient (Wildman–Crippen LogP) is 5.06. The number of fused-ring (bicyclic) bond motifs is 2. The van der Waals surface area contributed by atoms with Crippen LogP contribution in [0.2, 0.25) is 0 Å². The van der Waals surface area contributed by atoms with Crippen LogP contribution in [0.3, 0.4) is 0 Å². The Morgan fingerprint density at radius 3 is 2.81 bits per heavy atom. The fourth-order valence-corrected chi connectivity index (χ4v) is 5.37. The van der Waals surface area contributed by atoms with Gasteiger partial charge >= 0.3 is 0 Å². The third-order valence-electron chi connectivity index (χ3n) is 6.44. The number of carbonyl (C=O) groups is 1. The number of nitrogens with two attached hydrogens (primary N) is 1. The second-order valence-corrected chi connectivity index (χ2v) is 8.74. The van der Waals surface area contributed by atoms with Crippen LogP contribution in [0.25, 0.3) is 11.1 Å². The number of primary amides is 1. The van der Waals surface area contributed by atoms with Gasteiger partial charge in [0, 0.05) is 24.3 Å². The minimum atomic E-state index is -0.313. The summed E-state index contributed by atoms with van der Waals surface area (Å²) in [6.45, 7) is 8.99. The zero-order valence-electron chi connectivity index (χ0n) is 16.9. The van der Waals surface area contributed by atoms with E-state index in [1.165, 1.54) is 41.5 Å². The average molecular weight is 367 g/mol. The SMILES string of the molecule is CC(C)=C[C@@H]1C[C@H](C)[C@H]2CCCc3c2c1c(C)c1nc(CCC(N)=O)oc31. The summed E-state index contributed by atoms with van der Waals surface area (Å²) in [4.78, 5) is 16.0. The molecule has 4 heteroatoms. The summed E-state index contributed by atoms with van der Waals surface area (Å²) in [6, 6.07) is 0. The lowest BCUT2D eigenvalue weighted by Gasteiger charge is -2.40. The lowest BCUT2D eigenvalue weighted by Crippen LogP contribution is -2.27. The molecule has 0 saturated carbocycles. The molecular formula is C23H30N2O2. The Labute approximate surface area is 161 Å². The van der Waals surface area contributed by atoms with Crippen molar-refractivity contribution in [2.75, 3.05) is 0 Å². The molecule has 2 N–H and O–H groups in total. The van der Waals surface area contributed by atoms with Gasteiger partial charge in [-0.1, -0.05) is 18.6 Å². The largest absolute Gasteiger partial charge is 0.440 e. The van der Waals surface area contributed by atoms with Crippen LogP contribution in [0.5, 0.6) is 0 Å². The number of amides is 1. The van der Waals surface area contributed by atoms with Crippen molar-refractivity contribution < 1.29 is 9.21 Å². The molecule has 0 bridgehead atoms. The van der Waals surface area contributed by atoms with Crippen molar-refractivity contribution in [1.82, 2.24) is 4.98 Å². The van der Waals surface area contributed by atoms with Gasteiger partial charge in [-0.25, -0.2) is 4.98 Å². The number of aryl methyl sites for hydroxylation is 3. The minimum absolute atomic E-state index is 0.279. The Morgan fingerprint density at radius 2 is 2.11 bits per heavy atom. The Hall–Kier alpha value is -2.10. The fraction of sp³-hybridized carbons (Fsp3) is 0.565. The van der Waals surface area contributed by atoms with Crippen LogP contribution in [-0.4, -0.2) is 10.9 Å².